The number of hydrogen-bond acceptors (Lipinski definition) is 4. The summed E-state index contributed by atoms with van der Waals surface area (Å²) in [5, 5.41) is 0. The Bertz CT molecular complexity index is 209. The number of rotatable bonds is 6. The lowest BCUT2D eigenvalue weighted by Gasteiger charge is -2.23. The van der Waals surface area contributed by atoms with Gasteiger partial charge in [-0.1, -0.05) is 0 Å². The second-order valence-corrected chi connectivity index (χ2v) is 3.21. The van der Waals surface area contributed by atoms with Gasteiger partial charge in [0.25, 0.3) is 0 Å². The molecule has 0 aliphatic heterocycles. The summed E-state index contributed by atoms with van der Waals surface area (Å²) >= 11 is 0. The molecule has 0 aromatic carbocycles. The van der Waals surface area contributed by atoms with Gasteiger partial charge in [0.15, 0.2) is 5.41 Å². The topological polar surface area (TPSA) is 52.6 Å². The van der Waals surface area contributed by atoms with Crippen LogP contribution in [0.15, 0.2) is 0 Å². The van der Waals surface area contributed by atoms with Crippen LogP contribution in [-0.2, 0) is 19.1 Å². The maximum Gasteiger partial charge on any atom is 0.323 e. The van der Waals surface area contributed by atoms with E-state index in [1.165, 1.54) is 6.92 Å². The van der Waals surface area contributed by atoms with Crippen molar-refractivity contribution in [3.8, 4) is 0 Å². The van der Waals surface area contributed by atoms with E-state index in [1.54, 1.807) is 13.8 Å². The average Bonchev–Trinajstić information content (AvgIpc) is 2.18. The highest BCUT2D eigenvalue weighted by atomic mass is 19.1. The third kappa shape index (κ3) is 3.49. The van der Waals surface area contributed by atoms with Gasteiger partial charge in [0.05, 0.1) is 19.9 Å². The maximum absolute atomic E-state index is 12.3. The smallest absolute Gasteiger partial charge is 0.323 e. The van der Waals surface area contributed by atoms with Crippen LogP contribution in [0.5, 0.6) is 0 Å². The van der Waals surface area contributed by atoms with Crippen LogP contribution in [0.2, 0.25) is 0 Å². The van der Waals surface area contributed by atoms with Gasteiger partial charge in [0.1, 0.15) is 0 Å². The number of alkyl halides is 1. The lowest BCUT2D eigenvalue weighted by atomic mass is 9.87. The molecule has 88 valence electrons. The van der Waals surface area contributed by atoms with E-state index in [9.17, 15) is 14.0 Å². The standard InChI is InChI=1S/C10H17FO4/c1-4-14-8(12)10(3,6-7-11)9(13)15-5-2/h4-7H2,1-3H3. The van der Waals surface area contributed by atoms with E-state index in [0.717, 1.165) is 0 Å². The van der Waals surface area contributed by atoms with Crippen LogP contribution in [0.25, 0.3) is 0 Å². The Balaban J connectivity index is 4.70. The van der Waals surface area contributed by atoms with E-state index in [-0.39, 0.29) is 19.6 Å². The van der Waals surface area contributed by atoms with Crippen LogP contribution in [0.4, 0.5) is 4.39 Å². The minimum absolute atomic E-state index is 0.153. The summed E-state index contributed by atoms with van der Waals surface area (Å²) in [5.41, 5.74) is -1.53. The SMILES string of the molecule is CCOC(=O)C(C)(CCF)C(=O)OCC. The number of carbonyl (C=O) groups is 2. The molecule has 0 saturated heterocycles. The number of carbonyl (C=O) groups excluding carboxylic acids is 2. The summed E-state index contributed by atoms with van der Waals surface area (Å²) in [6.45, 7) is 4.12. The van der Waals surface area contributed by atoms with Crippen molar-refractivity contribution in [2.24, 2.45) is 5.41 Å². The predicted molar refractivity (Wildman–Crippen MR) is 52.0 cm³/mol. The van der Waals surface area contributed by atoms with Crippen LogP contribution in [-0.4, -0.2) is 31.8 Å². The molecular weight excluding hydrogens is 203 g/mol. The van der Waals surface area contributed by atoms with Gasteiger partial charge in [0, 0.05) is 6.42 Å². The molecule has 0 amide bonds. The summed E-state index contributed by atoms with van der Waals surface area (Å²) in [4.78, 5) is 23.0. The molecular formula is C10H17FO4. The van der Waals surface area contributed by atoms with E-state index >= 15 is 0 Å². The fourth-order valence-corrected chi connectivity index (χ4v) is 1.06. The van der Waals surface area contributed by atoms with E-state index < -0.39 is 24.0 Å². The predicted octanol–water partition coefficient (Wildman–Crippen LogP) is 1.48. The van der Waals surface area contributed by atoms with E-state index in [1.807, 2.05) is 0 Å². The van der Waals surface area contributed by atoms with Crippen LogP contribution in [0.3, 0.4) is 0 Å². The zero-order valence-electron chi connectivity index (χ0n) is 9.34. The maximum atomic E-state index is 12.3. The van der Waals surface area contributed by atoms with Gasteiger partial charge in [-0.3, -0.25) is 14.0 Å². The Morgan fingerprint density at radius 3 is 1.80 bits per heavy atom. The number of ether oxygens (including phenoxy) is 2. The first-order valence-corrected chi connectivity index (χ1v) is 4.93. The number of hydrogen-bond donors (Lipinski definition) is 0. The van der Waals surface area contributed by atoms with E-state index in [0.29, 0.717) is 0 Å². The molecule has 4 nitrogen and oxygen atoms in total. The molecule has 0 radical (unpaired) electrons. The molecule has 0 heterocycles. The molecule has 0 aliphatic carbocycles. The fourth-order valence-electron chi connectivity index (χ4n) is 1.06. The summed E-state index contributed by atoms with van der Waals surface area (Å²) in [7, 11) is 0. The number of halogens is 1. The van der Waals surface area contributed by atoms with E-state index in [2.05, 4.69) is 0 Å². The first kappa shape index (κ1) is 13.9. The molecule has 0 saturated carbocycles. The minimum Gasteiger partial charge on any atom is -0.465 e. The Labute approximate surface area is 88.7 Å². The van der Waals surface area contributed by atoms with Gasteiger partial charge in [-0.15, -0.1) is 0 Å². The van der Waals surface area contributed by atoms with Crippen molar-refractivity contribution in [2.45, 2.75) is 27.2 Å². The quantitative estimate of drug-likeness (QED) is 0.502. The number of esters is 2. The van der Waals surface area contributed by atoms with E-state index in [4.69, 9.17) is 9.47 Å². The van der Waals surface area contributed by atoms with Gasteiger partial charge in [-0.2, -0.15) is 0 Å². The normalized spacial score (nSPS) is 10.9. The minimum atomic E-state index is -1.53. The molecule has 5 heteroatoms. The van der Waals surface area contributed by atoms with Crippen molar-refractivity contribution >= 4 is 11.9 Å². The first-order valence-electron chi connectivity index (χ1n) is 4.93. The van der Waals surface area contributed by atoms with Crippen molar-refractivity contribution in [1.82, 2.24) is 0 Å². The van der Waals surface area contributed by atoms with Crippen LogP contribution >= 0.6 is 0 Å². The zero-order valence-corrected chi connectivity index (χ0v) is 9.34. The van der Waals surface area contributed by atoms with Gasteiger partial charge in [-0.05, 0) is 20.8 Å². The second-order valence-electron chi connectivity index (χ2n) is 3.21. The molecule has 0 fully saturated rings. The van der Waals surface area contributed by atoms with Crippen LogP contribution < -0.4 is 0 Å². The highest BCUT2D eigenvalue weighted by Gasteiger charge is 2.43. The third-order valence-electron chi connectivity index (χ3n) is 2.05. The molecule has 0 spiro atoms. The highest BCUT2D eigenvalue weighted by Crippen LogP contribution is 2.25. The monoisotopic (exact) mass is 220 g/mol. The second kappa shape index (κ2) is 6.37. The van der Waals surface area contributed by atoms with Crippen molar-refractivity contribution in [2.75, 3.05) is 19.9 Å². The largest absolute Gasteiger partial charge is 0.465 e. The Morgan fingerprint density at radius 1 is 1.13 bits per heavy atom. The molecule has 0 atom stereocenters. The Kier molecular flexibility index (Phi) is 5.89. The van der Waals surface area contributed by atoms with Crippen LogP contribution in [0, 0.1) is 5.41 Å². The van der Waals surface area contributed by atoms with Crippen molar-refractivity contribution in [3.05, 3.63) is 0 Å². The van der Waals surface area contributed by atoms with Crippen molar-refractivity contribution in [3.63, 3.8) is 0 Å². The molecule has 0 aromatic heterocycles. The molecule has 0 aromatic rings. The first-order chi connectivity index (χ1) is 7.02. The lowest BCUT2D eigenvalue weighted by Crippen LogP contribution is -2.40. The molecule has 0 bridgehead atoms. The van der Waals surface area contributed by atoms with Gasteiger partial charge < -0.3 is 9.47 Å². The summed E-state index contributed by atoms with van der Waals surface area (Å²) in [6.07, 6.45) is -0.218. The van der Waals surface area contributed by atoms with Crippen molar-refractivity contribution < 1.29 is 23.5 Å². The fraction of sp³-hybridized carbons (Fsp3) is 0.800. The molecule has 0 N–H and O–H groups in total. The summed E-state index contributed by atoms with van der Waals surface area (Å²) in [5.74, 6) is -1.47. The molecule has 0 rings (SSSR count). The van der Waals surface area contributed by atoms with Gasteiger partial charge in [-0.25, -0.2) is 0 Å². The van der Waals surface area contributed by atoms with Gasteiger partial charge >= 0.3 is 11.9 Å². The highest BCUT2D eigenvalue weighted by molar-refractivity contribution is 5.99. The van der Waals surface area contributed by atoms with Crippen LogP contribution in [0.1, 0.15) is 27.2 Å². The third-order valence-corrected chi connectivity index (χ3v) is 2.05. The lowest BCUT2D eigenvalue weighted by molar-refractivity contribution is -0.171. The summed E-state index contributed by atoms with van der Waals surface area (Å²) in [6, 6.07) is 0. The van der Waals surface area contributed by atoms with Crippen molar-refractivity contribution in [1.29, 1.82) is 0 Å². The van der Waals surface area contributed by atoms with Gasteiger partial charge in [0.2, 0.25) is 0 Å². The molecule has 15 heavy (non-hydrogen) atoms. The Morgan fingerprint density at radius 2 is 1.53 bits per heavy atom. The molecule has 0 unspecified atom stereocenters. The molecule has 0 aliphatic rings. The zero-order chi connectivity index (χ0) is 11.9. The summed E-state index contributed by atoms with van der Waals surface area (Å²) < 4.78 is 21.7. The average molecular weight is 220 g/mol. The Hall–Kier alpha value is -1.13.